The maximum absolute atomic E-state index is 3.66. The van der Waals surface area contributed by atoms with Crippen molar-refractivity contribution in [3.8, 4) is 0 Å². The van der Waals surface area contributed by atoms with Gasteiger partial charge in [-0.25, -0.2) is 0 Å². The predicted molar refractivity (Wildman–Crippen MR) is 74.9 cm³/mol. The van der Waals surface area contributed by atoms with Crippen LogP contribution >= 0.6 is 27.3 Å². The monoisotopic (exact) mass is 301 g/mol. The van der Waals surface area contributed by atoms with Crippen LogP contribution in [0.15, 0.2) is 15.2 Å². The van der Waals surface area contributed by atoms with Crippen molar-refractivity contribution in [1.82, 2.24) is 5.32 Å². The van der Waals surface area contributed by atoms with Crippen molar-refractivity contribution in [2.24, 2.45) is 11.8 Å². The Morgan fingerprint density at radius 2 is 2.31 bits per heavy atom. The number of thiophene rings is 1. The molecule has 1 aromatic heterocycles. The molecule has 1 N–H and O–H groups in total. The maximum Gasteiger partial charge on any atom is 0.0365 e. The molecule has 1 nitrogen and oxygen atoms in total. The van der Waals surface area contributed by atoms with E-state index >= 15 is 0 Å². The minimum absolute atomic E-state index is 0.539. The lowest BCUT2D eigenvalue weighted by Gasteiger charge is -2.23. The van der Waals surface area contributed by atoms with Gasteiger partial charge in [0.05, 0.1) is 0 Å². The Balaban J connectivity index is 2.09. The first-order valence-corrected chi connectivity index (χ1v) is 7.88. The zero-order valence-electron chi connectivity index (χ0n) is 10.0. The molecule has 0 saturated heterocycles. The number of nitrogens with one attached hydrogen (secondary N) is 1. The summed E-state index contributed by atoms with van der Waals surface area (Å²) < 4.78 is 1.27. The highest BCUT2D eigenvalue weighted by Crippen LogP contribution is 2.42. The molecule has 16 heavy (non-hydrogen) atoms. The molecular weight excluding hydrogens is 282 g/mol. The molecule has 0 aliphatic heterocycles. The molecule has 0 spiro atoms. The molecule has 0 radical (unpaired) electrons. The van der Waals surface area contributed by atoms with Crippen LogP contribution in [0.5, 0.6) is 0 Å². The molecule has 1 aliphatic rings. The quantitative estimate of drug-likeness (QED) is 0.857. The van der Waals surface area contributed by atoms with Crippen LogP contribution in [0.2, 0.25) is 0 Å². The van der Waals surface area contributed by atoms with Gasteiger partial charge in [-0.15, -0.1) is 0 Å². The average molecular weight is 302 g/mol. The minimum Gasteiger partial charge on any atom is -0.313 e. The Labute approximate surface area is 111 Å². The van der Waals surface area contributed by atoms with E-state index in [4.69, 9.17) is 0 Å². The van der Waals surface area contributed by atoms with Crippen LogP contribution in [0.4, 0.5) is 0 Å². The van der Waals surface area contributed by atoms with E-state index in [1.54, 1.807) is 11.3 Å². The summed E-state index contributed by atoms with van der Waals surface area (Å²) >= 11 is 5.45. The van der Waals surface area contributed by atoms with Crippen molar-refractivity contribution in [2.45, 2.75) is 38.6 Å². The zero-order chi connectivity index (χ0) is 11.5. The smallest absolute Gasteiger partial charge is 0.0365 e. The van der Waals surface area contributed by atoms with Gasteiger partial charge in [-0.05, 0) is 58.6 Å². The van der Waals surface area contributed by atoms with E-state index in [2.05, 4.69) is 46.0 Å². The summed E-state index contributed by atoms with van der Waals surface area (Å²) in [5.74, 6) is 1.78. The van der Waals surface area contributed by atoms with Crippen LogP contribution in [0.3, 0.4) is 0 Å². The largest absolute Gasteiger partial charge is 0.313 e. The van der Waals surface area contributed by atoms with E-state index in [9.17, 15) is 0 Å². The van der Waals surface area contributed by atoms with Gasteiger partial charge in [0.1, 0.15) is 0 Å². The van der Waals surface area contributed by atoms with Crippen molar-refractivity contribution < 1.29 is 0 Å². The molecule has 1 heterocycles. The van der Waals surface area contributed by atoms with E-state index in [0.717, 1.165) is 11.8 Å². The summed E-state index contributed by atoms with van der Waals surface area (Å²) in [6, 6.07) is 0.539. The fourth-order valence-corrected chi connectivity index (χ4v) is 4.53. The molecule has 3 heteroatoms. The van der Waals surface area contributed by atoms with Crippen LogP contribution in [-0.2, 0) is 0 Å². The highest BCUT2D eigenvalue weighted by Gasteiger charge is 2.31. The minimum atomic E-state index is 0.539. The second kappa shape index (κ2) is 5.65. The summed E-state index contributed by atoms with van der Waals surface area (Å²) in [5.41, 5.74) is 1.45. The third-order valence-corrected chi connectivity index (χ3v) is 5.67. The van der Waals surface area contributed by atoms with E-state index in [1.165, 1.54) is 35.7 Å². The lowest BCUT2D eigenvalue weighted by Crippen LogP contribution is -2.23. The topological polar surface area (TPSA) is 12.0 Å². The van der Waals surface area contributed by atoms with Crippen molar-refractivity contribution in [2.75, 3.05) is 7.05 Å². The van der Waals surface area contributed by atoms with Gasteiger partial charge >= 0.3 is 0 Å². The Kier molecular flexibility index (Phi) is 4.45. The van der Waals surface area contributed by atoms with Gasteiger partial charge in [0.2, 0.25) is 0 Å². The van der Waals surface area contributed by atoms with Crippen LogP contribution < -0.4 is 5.32 Å². The van der Waals surface area contributed by atoms with E-state index < -0.39 is 0 Å². The second-order valence-electron chi connectivity index (χ2n) is 4.79. The van der Waals surface area contributed by atoms with Crippen LogP contribution in [0.25, 0.3) is 0 Å². The van der Waals surface area contributed by atoms with Gasteiger partial charge in [0.15, 0.2) is 0 Å². The van der Waals surface area contributed by atoms with Gasteiger partial charge in [-0.3, -0.25) is 0 Å². The van der Waals surface area contributed by atoms with E-state index in [-0.39, 0.29) is 0 Å². The molecule has 3 unspecified atom stereocenters. The Bertz CT molecular complexity index is 336. The molecule has 1 aliphatic carbocycles. The number of halogens is 1. The fraction of sp³-hybridized carbons (Fsp3) is 0.692. The Morgan fingerprint density at radius 3 is 2.81 bits per heavy atom. The standard InChI is InChI=1S/C13H20BrNS/c1-3-9-4-5-10(6-9)13(15-2)11-7-16-8-12(11)14/h7-10,13,15H,3-6H2,1-2H3. The molecule has 1 aromatic rings. The maximum atomic E-state index is 3.66. The lowest BCUT2D eigenvalue weighted by molar-refractivity contribution is 0.372. The summed E-state index contributed by atoms with van der Waals surface area (Å²) in [5, 5.41) is 7.98. The first kappa shape index (κ1) is 12.6. The Morgan fingerprint density at radius 1 is 1.50 bits per heavy atom. The first-order chi connectivity index (χ1) is 7.76. The summed E-state index contributed by atoms with van der Waals surface area (Å²) in [4.78, 5) is 0. The number of hydrogen-bond acceptors (Lipinski definition) is 2. The molecule has 0 bridgehead atoms. The van der Waals surface area contributed by atoms with Crippen molar-refractivity contribution in [1.29, 1.82) is 0 Å². The lowest BCUT2D eigenvalue weighted by atomic mass is 9.92. The highest BCUT2D eigenvalue weighted by atomic mass is 79.9. The molecule has 3 atom stereocenters. The van der Waals surface area contributed by atoms with Gasteiger partial charge in [0, 0.05) is 15.9 Å². The van der Waals surface area contributed by atoms with E-state index in [1.807, 2.05) is 0 Å². The molecule has 90 valence electrons. The van der Waals surface area contributed by atoms with Crippen LogP contribution in [0.1, 0.15) is 44.2 Å². The summed E-state index contributed by atoms with van der Waals surface area (Å²) in [6.07, 6.45) is 5.54. The Hall–Kier alpha value is 0.140. The van der Waals surface area contributed by atoms with Crippen LogP contribution in [0, 0.1) is 11.8 Å². The van der Waals surface area contributed by atoms with Crippen molar-refractivity contribution in [3.05, 3.63) is 20.8 Å². The fourth-order valence-electron chi connectivity index (χ4n) is 2.95. The average Bonchev–Trinajstić information content (AvgIpc) is 2.90. The van der Waals surface area contributed by atoms with E-state index in [0.29, 0.717) is 6.04 Å². The molecule has 1 saturated carbocycles. The normalized spacial score (nSPS) is 27.2. The molecule has 0 amide bonds. The van der Waals surface area contributed by atoms with Gasteiger partial charge in [-0.1, -0.05) is 19.8 Å². The van der Waals surface area contributed by atoms with Gasteiger partial charge in [0.25, 0.3) is 0 Å². The molecular formula is C13H20BrNS. The predicted octanol–water partition coefficient (Wildman–Crippen LogP) is 4.60. The van der Waals surface area contributed by atoms with Gasteiger partial charge in [-0.2, -0.15) is 11.3 Å². The second-order valence-corrected chi connectivity index (χ2v) is 6.39. The zero-order valence-corrected chi connectivity index (χ0v) is 12.4. The van der Waals surface area contributed by atoms with Gasteiger partial charge < -0.3 is 5.32 Å². The third-order valence-electron chi connectivity index (χ3n) is 3.92. The van der Waals surface area contributed by atoms with Crippen molar-refractivity contribution >= 4 is 27.3 Å². The third kappa shape index (κ3) is 2.52. The summed E-state index contributed by atoms with van der Waals surface area (Å²) in [7, 11) is 2.09. The van der Waals surface area contributed by atoms with Crippen LogP contribution in [-0.4, -0.2) is 7.05 Å². The number of rotatable bonds is 4. The number of hydrogen-bond donors (Lipinski definition) is 1. The molecule has 0 aromatic carbocycles. The molecule has 1 fully saturated rings. The SMILES string of the molecule is CCC1CCC(C(NC)c2cscc2Br)C1. The summed E-state index contributed by atoms with van der Waals surface area (Å²) in [6.45, 7) is 2.32. The molecule has 2 rings (SSSR count). The highest BCUT2D eigenvalue weighted by molar-refractivity contribution is 9.10. The first-order valence-electron chi connectivity index (χ1n) is 6.15. The van der Waals surface area contributed by atoms with Crippen molar-refractivity contribution in [3.63, 3.8) is 0 Å².